The standard InChI is InChI=1S/C21H19ClN2O4/c1-14-19(23-20(28-14)16-6-4-3-5-7-16)21(26)27-13-18(25)24(2)12-15-8-10-17(22)11-9-15/h3-11H,12-13H2,1-2H3. The SMILES string of the molecule is Cc1oc(-c2ccccc2)nc1C(=O)OCC(=O)N(C)Cc1ccc(Cl)cc1. The zero-order valence-electron chi connectivity index (χ0n) is 15.5. The molecule has 1 heterocycles. The van der Waals surface area contributed by atoms with E-state index in [4.69, 9.17) is 20.8 Å². The van der Waals surface area contributed by atoms with Crippen LogP contribution in [0, 0.1) is 6.92 Å². The van der Waals surface area contributed by atoms with Crippen molar-refractivity contribution in [3.8, 4) is 11.5 Å². The molecule has 0 unspecified atom stereocenters. The Morgan fingerprint density at radius 1 is 1.11 bits per heavy atom. The number of likely N-dealkylation sites (N-methyl/N-ethyl adjacent to an activating group) is 1. The Morgan fingerprint density at radius 3 is 2.46 bits per heavy atom. The minimum absolute atomic E-state index is 0.0620. The first-order chi connectivity index (χ1) is 13.4. The summed E-state index contributed by atoms with van der Waals surface area (Å²) in [6, 6.07) is 16.4. The van der Waals surface area contributed by atoms with Gasteiger partial charge in [0.15, 0.2) is 12.3 Å². The van der Waals surface area contributed by atoms with Crippen LogP contribution in [0.2, 0.25) is 5.02 Å². The van der Waals surface area contributed by atoms with Gasteiger partial charge in [-0.15, -0.1) is 0 Å². The van der Waals surface area contributed by atoms with Crippen LogP contribution < -0.4 is 0 Å². The number of esters is 1. The molecular formula is C21H19ClN2O4. The molecule has 7 heteroatoms. The van der Waals surface area contributed by atoms with Crippen LogP contribution in [0.3, 0.4) is 0 Å². The zero-order valence-corrected chi connectivity index (χ0v) is 16.3. The van der Waals surface area contributed by atoms with Crippen LogP contribution in [-0.2, 0) is 16.1 Å². The quantitative estimate of drug-likeness (QED) is 0.584. The number of aromatic nitrogens is 1. The number of carbonyl (C=O) groups excluding carboxylic acids is 2. The van der Waals surface area contributed by atoms with Crippen molar-refractivity contribution >= 4 is 23.5 Å². The van der Waals surface area contributed by atoms with E-state index in [-0.39, 0.29) is 18.2 Å². The smallest absolute Gasteiger partial charge is 0.361 e. The number of oxazole rings is 1. The van der Waals surface area contributed by atoms with Crippen molar-refractivity contribution in [3.63, 3.8) is 0 Å². The summed E-state index contributed by atoms with van der Waals surface area (Å²) >= 11 is 5.86. The maximum atomic E-state index is 12.3. The van der Waals surface area contributed by atoms with Gasteiger partial charge in [0.05, 0.1) is 0 Å². The summed E-state index contributed by atoms with van der Waals surface area (Å²) < 4.78 is 10.7. The molecule has 0 saturated carbocycles. The summed E-state index contributed by atoms with van der Waals surface area (Å²) in [7, 11) is 1.64. The van der Waals surface area contributed by atoms with Gasteiger partial charge in [-0.1, -0.05) is 41.9 Å². The molecule has 3 rings (SSSR count). The molecule has 3 aromatic rings. The van der Waals surface area contributed by atoms with Crippen molar-refractivity contribution < 1.29 is 18.7 Å². The summed E-state index contributed by atoms with van der Waals surface area (Å²) in [5.41, 5.74) is 1.74. The molecule has 0 bridgehead atoms. The maximum Gasteiger partial charge on any atom is 0.361 e. The molecule has 1 aromatic heterocycles. The normalized spacial score (nSPS) is 10.5. The first-order valence-corrected chi connectivity index (χ1v) is 9.00. The molecule has 0 radical (unpaired) electrons. The number of hydrogen-bond acceptors (Lipinski definition) is 5. The van der Waals surface area contributed by atoms with E-state index in [0.717, 1.165) is 11.1 Å². The van der Waals surface area contributed by atoms with Gasteiger partial charge in [-0.05, 0) is 36.8 Å². The monoisotopic (exact) mass is 398 g/mol. The molecule has 0 atom stereocenters. The number of nitrogens with zero attached hydrogens (tertiary/aromatic N) is 2. The van der Waals surface area contributed by atoms with Gasteiger partial charge >= 0.3 is 5.97 Å². The highest BCUT2D eigenvalue weighted by molar-refractivity contribution is 6.30. The van der Waals surface area contributed by atoms with Crippen molar-refractivity contribution in [2.75, 3.05) is 13.7 Å². The molecule has 0 aliphatic heterocycles. The van der Waals surface area contributed by atoms with Gasteiger partial charge in [-0.3, -0.25) is 4.79 Å². The van der Waals surface area contributed by atoms with Gasteiger partial charge in [0.1, 0.15) is 5.76 Å². The highest BCUT2D eigenvalue weighted by Crippen LogP contribution is 2.21. The van der Waals surface area contributed by atoms with Crippen LogP contribution in [0.1, 0.15) is 21.8 Å². The van der Waals surface area contributed by atoms with Gasteiger partial charge in [0, 0.05) is 24.2 Å². The van der Waals surface area contributed by atoms with E-state index in [1.807, 2.05) is 42.5 Å². The number of rotatable bonds is 6. The fourth-order valence-electron chi connectivity index (χ4n) is 2.55. The van der Waals surface area contributed by atoms with E-state index in [9.17, 15) is 9.59 Å². The number of ether oxygens (including phenoxy) is 1. The highest BCUT2D eigenvalue weighted by atomic mass is 35.5. The molecule has 1 amide bonds. The van der Waals surface area contributed by atoms with Gasteiger partial charge in [0.25, 0.3) is 5.91 Å². The number of halogens is 1. The molecule has 0 spiro atoms. The first kappa shape index (κ1) is 19.6. The molecule has 0 saturated heterocycles. The molecular weight excluding hydrogens is 380 g/mol. The van der Waals surface area contributed by atoms with Crippen LogP contribution in [0.5, 0.6) is 0 Å². The number of carbonyl (C=O) groups is 2. The molecule has 0 N–H and O–H groups in total. The Bertz CT molecular complexity index is 968. The Kier molecular flexibility index (Phi) is 6.11. The van der Waals surface area contributed by atoms with Crippen LogP contribution in [-0.4, -0.2) is 35.4 Å². The Hall–Kier alpha value is -3.12. The van der Waals surface area contributed by atoms with Crippen molar-refractivity contribution in [2.45, 2.75) is 13.5 Å². The van der Waals surface area contributed by atoms with E-state index < -0.39 is 5.97 Å². The third-order valence-corrected chi connectivity index (χ3v) is 4.35. The lowest BCUT2D eigenvalue weighted by molar-refractivity contribution is -0.133. The Labute approximate surface area is 167 Å². The van der Waals surface area contributed by atoms with Crippen molar-refractivity contribution in [1.29, 1.82) is 0 Å². The fraction of sp³-hybridized carbons (Fsp3) is 0.190. The average Bonchev–Trinajstić information content (AvgIpc) is 3.10. The molecule has 0 aliphatic carbocycles. The van der Waals surface area contributed by atoms with Crippen LogP contribution in [0.4, 0.5) is 0 Å². The van der Waals surface area contributed by atoms with Crippen LogP contribution >= 0.6 is 11.6 Å². The topological polar surface area (TPSA) is 72.6 Å². The van der Waals surface area contributed by atoms with E-state index in [0.29, 0.717) is 23.2 Å². The summed E-state index contributed by atoms with van der Waals surface area (Å²) in [6.45, 7) is 1.63. The lowest BCUT2D eigenvalue weighted by Crippen LogP contribution is -2.30. The number of aryl methyl sites for hydroxylation is 1. The summed E-state index contributed by atoms with van der Waals surface area (Å²) in [5, 5.41) is 0.629. The minimum Gasteiger partial charge on any atom is -0.451 e. The summed E-state index contributed by atoms with van der Waals surface area (Å²) in [6.07, 6.45) is 0. The van der Waals surface area contributed by atoms with Gasteiger partial charge < -0.3 is 14.1 Å². The largest absolute Gasteiger partial charge is 0.451 e. The van der Waals surface area contributed by atoms with E-state index in [1.54, 1.807) is 26.1 Å². The predicted octanol–water partition coefficient (Wildman–Crippen LogP) is 4.12. The number of hydrogen-bond donors (Lipinski definition) is 0. The van der Waals surface area contributed by atoms with Crippen molar-refractivity contribution in [2.24, 2.45) is 0 Å². The summed E-state index contributed by atoms with van der Waals surface area (Å²) in [4.78, 5) is 30.2. The molecule has 0 aliphatic rings. The third-order valence-electron chi connectivity index (χ3n) is 4.10. The lowest BCUT2D eigenvalue weighted by Gasteiger charge is -2.17. The van der Waals surface area contributed by atoms with E-state index >= 15 is 0 Å². The Morgan fingerprint density at radius 2 is 1.79 bits per heavy atom. The predicted molar refractivity (Wildman–Crippen MR) is 105 cm³/mol. The third kappa shape index (κ3) is 4.78. The fourth-order valence-corrected chi connectivity index (χ4v) is 2.67. The molecule has 6 nitrogen and oxygen atoms in total. The van der Waals surface area contributed by atoms with Gasteiger partial charge in [0.2, 0.25) is 5.89 Å². The Balaban J connectivity index is 1.58. The second-order valence-corrected chi connectivity index (χ2v) is 6.68. The second kappa shape index (κ2) is 8.71. The van der Waals surface area contributed by atoms with Gasteiger partial charge in [-0.25, -0.2) is 9.78 Å². The lowest BCUT2D eigenvalue weighted by atomic mass is 10.2. The molecule has 28 heavy (non-hydrogen) atoms. The number of amides is 1. The van der Waals surface area contributed by atoms with E-state index in [2.05, 4.69) is 4.98 Å². The average molecular weight is 399 g/mol. The molecule has 0 fully saturated rings. The van der Waals surface area contributed by atoms with Crippen molar-refractivity contribution in [1.82, 2.24) is 9.88 Å². The van der Waals surface area contributed by atoms with Crippen LogP contribution in [0.25, 0.3) is 11.5 Å². The molecule has 144 valence electrons. The number of benzene rings is 2. The zero-order chi connectivity index (χ0) is 20.1. The van der Waals surface area contributed by atoms with E-state index in [1.165, 1.54) is 4.90 Å². The molecule has 2 aromatic carbocycles. The van der Waals surface area contributed by atoms with Gasteiger partial charge in [-0.2, -0.15) is 0 Å². The van der Waals surface area contributed by atoms with Crippen molar-refractivity contribution in [3.05, 3.63) is 76.6 Å². The summed E-state index contributed by atoms with van der Waals surface area (Å²) in [5.74, 6) is -0.355. The maximum absolute atomic E-state index is 12.3. The minimum atomic E-state index is -0.698. The van der Waals surface area contributed by atoms with Crippen LogP contribution in [0.15, 0.2) is 59.0 Å². The highest BCUT2D eigenvalue weighted by Gasteiger charge is 2.21. The first-order valence-electron chi connectivity index (χ1n) is 8.62. The second-order valence-electron chi connectivity index (χ2n) is 6.24.